The van der Waals surface area contributed by atoms with Crippen molar-refractivity contribution in [1.29, 1.82) is 0 Å². The highest BCUT2D eigenvalue weighted by atomic mass is 15.2. The highest BCUT2D eigenvalue weighted by Crippen LogP contribution is 2.48. The monoisotopic (exact) mass is 208 g/mol. The molecule has 3 aliphatic rings. The van der Waals surface area contributed by atoms with Crippen molar-refractivity contribution < 1.29 is 0 Å². The molecule has 86 valence electrons. The fourth-order valence-electron chi connectivity index (χ4n) is 4.21. The van der Waals surface area contributed by atoms with Gasteiger partial charge in [0, 0.05) is 18.8 Å². The Morgan fingerprint density at radius 1 is 0.933 bits per heavy atom. The molecule has 3 fully saturated rings. The first-order chi connectivity index (χ1) is 7.27. The Morgan fingerprint density at radius 2 is 1.67 bits per heavy atom. The molecule has 0 radical (unpaired) electrons. The first-order valence-corrected chi connectivity index (χ1v) is 6.74. The van der Waals surface area contributed by atoms with Gasteiger partial charge in [-0.2, -0.15) is 0 Å². The minimum absolute atomic E-state index is 0.762. The summed E-state index contributed by atoms with van der Waals surface area (Å²) in [5, 5.41) is 7.39. The maximum Gasteiger partial charge on any atom is 0.0458 e. The molecule has 5 atom stereocenters. The minimum Gasteiger partial charge on any atom is -0.301 e. The number of hydrogen-bond donors (Lipinski definition) is 2. The number of hydrogen-bond acceptors (Lipinski definition) is 2. The van der Waals surface area contributed by atoms with E-state index in [1.165, 1.54) is 25.7 Å². The van der Waals surface area contributed by atoms with Crippen LogP contribution in [0.1, 0.15) is 39.5 Å². The topological polar surface area (TPSA) is 24.1 Å². The molecule has 0 aromatic carbocycles. The van der Waals surface area contributed by atoms with E-state index in [-0.39, 0.29) is 0 Å². The molecular weight excluding hydrogens is 184 g/mol. The maximum absolute atomic E-state index is 3.73. The van der Waals surface area contributed by atoms with Gasteiger partial charge in [-0.1, -0.05) is 13.8 Å². The molecule has 2 nitrogen and oxygen atoms in total. The van der Waals surface area contributed by atoms with Crippen LogP contribution in [-0.4, -0.2) is 18.8 Å². The van der Waals surface area contributed by atoms with Crippen molar-refractivity contribution in [1.82, 2.24) is 10.6 Å². The standard InChI is InChI=1S/C13H24N2/c1-8(2)12-11-6-4-9-3-5-10(9)13(11)15-7-14-12/h8-15H,3-7H2,1-2H3. The molecule has 15 heavy (non-hydrogen) atoms. The predicted octanol–water partition coefficient (Wildman–Crippen LogP) is 1.97. The molecule has 2 heteroatoms. The fourth-order valence-corrected chi connectivity index (χ4v) is 4.21. The molecule has 2 saturated carbocycles. The van der Waals surface area contributed by atoms with E-state index in [1.54, 1.807) is 0 Å². The summed E-state index contributed by atoms with van der Waals surface area (Å²) in [5.41, 5.74) is 0. The second-order valence-electron chi connectivity index (χ2n) is 6.12. The van der Waals surface area contributed by atoms with Crippen LogP contribution in [-0.2, 0) is 0 Å². The van der Waals surface area contributed by atoms with Gasteiger partial charge in [-0.05, 0) is 49.4 Å². The molecule has 1 saturated heterocycles. The van der Waals surface area contributed by atoms with E-state index in [0.29, 0.717) is 0 Å². The second-order valence-corrected chi connectivity index (χ2v) is 6.12. The SMILES string of the molecule is CC(C)C1NCNC2C3CCC3CCC12. The first-order valence-electron chi connectivity index (χ1n) is 6.74. The van der Waals surface area contributed by atoms with E-state index >= 15 is 0 Å². The van der Waals surface area contributed by atoms with Crippen molar-refractivity contribution in [3.05, 3.63) is 0 Å². The summed E-state index contributed by atoms with van der Waals surface area (Å²) in [6.45, 7) is 5.77. The predicted molar refractivity (Wildman–Crippen MR) is 62.5 cm³/mol. The van der Waals surface area contributed by atoms with Crippen molar-refractivity contribution >= 4 is 0 Å². The third-order valence-corrected chi connectivity index (χ3v) is 5.12. The average Bonchev–Trinajstić information content (AvgIpc) is 2.17. The lowest BCUT2D eigenvalue weighted by Gasteiger charge is -2.55. The summed E-state index contributed by atoms with van der Waals surface area (Å²) in [6, 6.07) is 1.60. The van der Waals surface area contributed by atoms with Gasteiger partial charge in [0.15, 0.2) is 0 Å². The van der Waals surface area contributed by atoms with Crippen LogP contribution in [0.5, 0.6) is 0 Å². The quantitative estimate of drug-likeness (QED) is 0.688. The van der Waals surface area contributed by atoms with Crippen molar-refractivity contribution in [3.8, 4) is 0 Å². The Bertz CT molecular complexity index is 239. The highest BCUT2D eigenvalue weighted by molar-refractivity contribution is 5.03. The van der Waals surface area contributed by atoms with Crippen molar-refractivity contribution in [2.75, 3.05) is 6.67 Å². The molecule has 1 aliphatic heterocycles. The minimum atomic E-state index is 0.762. The Labute approximate surface area is 93.2 Å². The summed E-state index contributed by atoms with van der Waals surface area (Å²) in [5.74, 6) is 3.79. The average molecular weight is 208 g/mol. The van der Waals surface area contributed by atoms with Crippen LogP contribution >= 0.6 is 0 Å². The molecule has 3 rings (SSSR count). The van der Waals surface area contributed by atoms with Gasteiger partial charge >= 0.3 is 0 Å². The normalized spacial score (nSPS) is 49.4. The molecular formula is C13H24N2. The van der Waals surface area contributed by atoms with Crippen molar-refractivity contribution in [2.45, 2.75) is 51.6 Å². The van der Waals surface area contributed by atoms with Gasteiger partial charge in [0.2, 0.25) is 0 Å². The van der Waals surface area contributed by atoms with Crippen LogP contribution in [0.3, 0.4) is 0 Å². The highest BCUT2D eigenvalue weighted by Gasteiger charge is 2.48. The summed E-state index contributed by atoms with van der Waals surface area (Å²) < 4.78 is 0. The second kappa shape index (κ2) is 3.74. The van der Waals surface area contributed by atoms with Gasteiger partial charge in [0.1, 0.15) is 0 Å². The van der Waals surface area contributed by atoms with Gasteiger partial charge in [-0.3, -0.25) is 0 Å². The molecule has 2 aliphatic carbocycles. The van der Waals surface area contributed by atoms with E-state index in [0.717, 1.165) is 42.4 Å². The van der Waals surface area contributed by atoms with Crippen LogP contribution in [0, 0.1) is 23.7 Å². The van der Waals surface area contributed by atoms with Gasteiger partial charge in [-0.15, -0.1) is 0 Å². The smallest absolute Gasteiger partial charge is 0.0458 e. The van der Waals surface area contributed by atoms with Crippen molar-refractivity contribution in [2.24, 2.45) is 23.7 Å². The molecule has 5 unspecified atom stereocenters. The Balaban J connectivity index is 1.76. The van der Waals surface area contributed by atoms with Gasteiger partial charge in [-0.25, -0.2) is 0 Å². The van der Waals surface area contributed by atoms with E-state index in [9.17, 15) is 0 Å². The van der Waals surface area contributed by atoms with Crippen molar-refractivity contribution in [3.63, 3.8) is 0 Å². The van der Waals surface area contributed by atoms with Crippen LogP contribution < -0.4 is 10.6 Å². The number of rotatable bonds is 1. The zero-order valence-corrected chi connectivity index (χ0v) is 10.00. The van der Waals surface area contributed by atoms with Gasteiger partial charge < -0.3 is 10.6 Å². The van der Waals surface area contributed by atoms with E-state index < -0.39 is 0 Å². The molecule has 0 amide bonds. The molecule has 0 aromatic rings. The van der Waals surface area contributed by atoms with Crippen LogP contribution in [0.2, 0.25) is 0 Å². The molecule has 1 heterocycles. The van der Waals surface area contributed by atoms with Gasteiger partial charge in [0.25, 0.3) is 0 Å². The summed E-state index contributed by atoms with van der Waals surface area (Å²) in [6.07, 6.45) is 5.95. The Morgan fingerprint density at radius 3 is 2.33 bits per heavy atom. The first kappa shape index (κ1) is 10.1. The largest absolute Gasteiger partial charge is 0.301 e. The molecule has 2 N–H and O–H groups in total. The summed E-state index contributed by atoms with van der Waals surface area (Å²) in [7, 11) is 0. The van der Waals surface area contributed by atoms with E-state index in [4.69, 9.17) is 0 Å². The molecule has 0 spiro atoms. The zero-order chi connectivity index (χ0) is 10.4. The van der Waals surface area contributed by atoms with E-state index in [1.807, 2.05) is 0 Å². The van der Waals surface area contributed by atoms with E-state index in [2.05, 4.69) is 24.5 Å². The lowest BCUT2D eigenvalue weighted by Crippen LogP contribution is -2.65. The summed E-state index contributed by atoms with van der Waals surface area (Å²) in [4.78, 5) is 0. The molecule has 0 bridgehead atoms. The number of nitrogens with one attached hydrogen (secondary N) is 2. The third-order valence-electron chi connectivity index (χ3n) is 5.12. The van der Waals surface area contributed by atoms with Gasteiger partial charge in [0.05, 0.1) is 0 Å². The van der Waals surface area contributed by atoms with Crippen LogP contribution in [0.4, 0.5) is 0 Å². The molecule has 0 aromatic heterocycles. The van der Waals surface area contributed by atoms with Crippen LogP contribution in [0.25, 0.3) is 0 Å². The summed E-state index contributed by atoms with van der Waals surface area (Å²) >= 11 is 0. The Hall–Kier alpha value is -0.0800. The maximum atomic E-state index is 3.73. The Kier molecular flexibility index (Phi) is 2.52. The number of fused-ring (bicyclic) bond motifs is 3. The van der Waals surface area contributed by atoms with Crippen LogP contribution in [0.15, 0.2) is 0 Å². The third kappa shape index (κ3) is 1.53. The zero-order valence-electron chi connectivity index (χ0n) is 10.00. The lowest BCUT2D eigenvalue weighted by molar-refractivity contribution is -0.00414. The fraction of sp³-hybridized carbons (Fsp3) is 1.00. The lowest BCUT2D eigenvalue weighted by atomic mass is 9.57.